The molecule has 7 rings (SSSR count). The van der Waals surface area contributed by atoms with Crippen LogP contribution in [0.15, 0.2) is 109 Å². The predicted octanol–water partition coefficient (Wildman–Crippen LogP) is 6.14. The molecule has 0 saturated carbocycles. The van der Waals surface area contributed by atoms with Crippen LogP contribution in [0.3, 0.4) is 0 Å². The second-order valence-corrected chi connectivity index (χ2v) is 10.0. The number of carbonyl (C=O) groups excluding carboxylic acids is 3. The lowest BCUT2D eigenvalue weighted by Gasteiger charge is -2.37. The van der Waals surface area contributed by atoms with E-state index < -0.39 is 29.2 Å². The topological polar surface area (TPSA) is 54.5 Å². The highest BCUT2D eigenvalue weighted by atomic mass is 19.1. The van der Waals surface area contributed by atoms with Crippen LogP contribution in [-0.2, 0) is 0 Å². The van der Waals surface area contributed by atoms with E-state index in [1.807, 2.05) is 71.6 Å². The average Bonchev–Trinajstić information content (AvgIpc) is 3.40. The molecule has 0 unspecified atom stereocenters. The molecule has 2 heterocycles. The molecule has 1 aliphatic carbocycles. The molecule has 1 fully saturated rings. The van der Waals surface area contributed by atoms with Gasteiger partial charge in [-0.25, -0.2) is 4.39 Å². The lowest BCUT2D eigenvalue weighted by Crippen LogP contribution is -2.48. The number of hydrogen-bond acceptors (Lipinski definition) is 4. The first kappa shape index (κ1) is 22.5. The standard InChI is InChI=1S/C33H22FNO3/c34-23-17-14-22(15-18-23)30(36)29-28(21-9-2-1-3-10-21)33(31(37)24-11-5-6-12-25(24)32(33)38)27-19-16-20-8-4-7-13-26(20)35(27)29/h1-19,27-29H/t27-,28-,29-/m0/s1. The zero-order chi connectivity index (χ0) is 26.0. The SMILES string of the molecule is O=C(c1ccc(F)cc1)[C@@H]1[C@H](c2ccccc2)C2(C(=O)c3ccccc3C2=O)[C@@H]2C=Cc3ccccc3N12. The fourth-order valence-corrected chi connectivity index (χ4v) is 6.74. The molecule has 0 N–H and O–H groups in total. The van der Waals surface area contributed by atoms with E-state index in [0.29, 0.717) is 16.7 Å². The van der Waals surface area contributed by atoms with Crippen molar-refractivity contribution in [1.82, 2.24) is 0 Å². The van der Waals surface area contributed by atoms with Crippen LogP contribution < -0.4 is 4.90 Å². The summed E-state index contributed by atoms with van der Waals surface area (Å²) in [6, 6.07) is 27.9. The first-order chi connectivity index (χ1) is 18.5. The van der Waals surface area contributed by atoms with Gasteiger partial charge < -0.3 is 4.90 Å². The highest BCUT2D eigenvalue weighted by molar-refractivity contribution is 6.32. The summed E-state index contributed by atoms with van der Waals surface area (Å²) in [5, 5.41) is 0. The first-order valence-electron chi connectivity index (χ1n) is 12.6. The number of fused-ring (bicyclic) bond motifs is 5. The van der Waals surface area contributed by atoms with Crippen LogP contribution in [0.25, 0.3) is 6.08 Å². The average molecular weight is 500 g/mol. The second-order valence-electron chi connectivity index (χ2n) is 10.0. The van der Waals surface area contributed by atoms with Gasteiger partial charge in [0.1, 0.15) is 17.3 Å². The summed E-state index contributed by atoms with van der Waals surface area (Å²) in [4.78, 5) is 45.4. The Morgan fingerprint density at radius 2 is 1.34 bits per heavy atom. The molecular weight excluding hydrogens is 477 g/mol. The number of halogens is 1. The predicted molar refractivity (Wildman–Crippen MR) is 143 cm³/mol. The molecule has 38 heavy (non-hydrogen) atoms. The van der Waals surface area contributed by atoms with Crippen LogP contribution in [-0.4, -0.2) is 29.4 Å². The summed E-state index contributed by atoms with van der Waals surface area (Å²) in [6.45, 7) is 0. The molecule has 184 valence electrons. The number of rotatable bonds is 3. The minimum absolute atomic E-state index is 0.262. The van der Waals surface area contributed by atoms with Crippen LogP contribution in [0.1, 0.15) is 48.1 Å². The van der Waals surface area contributed by atoms with Gasteiger partial charge in [-0.05, 0) is 41.5 Å². The highest BCUT2D eigenvalue weighted by Crippen LogP contribution is 2.60. The molecule has 3 atom stereocenters. The van der Waals surface area contributed by atoms with Crippen molar-refractivity contribution in [1.29, 1.82) is 0 Å². The number of carbonyl (C=O) groups is 3. The van der Waals surface area contributed by atoms with Crippen LogP contribution in [0, 0.1) is 11.2 Å². The maximum absolute atomic E-state index is 14.5. The fourth-order valence-electron chi connectivity index (χ4n) is 6.74. The van der Waals surface area contributed by atoms with E-state index in [-0.39, 0.29) is 17.3 Å². The van der Waals surface area contributed by atoms with E-state index in [9.17, 15) is 18.8 Å². The number of nitrogens with zero attached hydrogens (tertiary/aromatic N) is 1. The van der Waals surface area contributed by atoms with Crippen molar-refractivity contribution in [2.75, 3.05) is 4.90 Å². The Morgan fingerprint density at radius 3 is 2.03 bits per heavy atom. The maximum Gasteiger partial charge on any atom is 0.185 e. The number of para-hydroxylation sites is 1. The number of benzene rings is 4. The van der Waals surface area contributed by atoms with Gasteiger partial charge in [0.25, 0.3) is 0 Å². The quantitative estimate of drug-likeness (QED) is 0.251. The molecule has 3 aliphatic rings. The number of ketones is 3. The van der Waals surface area contributed by atoms with E-state index >= 15 is 0 Å². The summed E-state index contributed by atoms with van der Waals surface area (Å²) < 4.78 is 13.8. The van der Waals surface area contributed by atoms with Crippen molar-refractivity contribution >= 4 is 29.1 Å². The van der Waals surface area contributed by atoms with Crippen molar-refractivity contribution in [3.05, 3.63) is 143 Å². The largest absolute Gasteiger partial charge is 0.352 e. The Hall–Kier alpha value is -4.64. The van der Waals surface area contributed by atoms with Gasteiger partial charge in [0.2, 0.25) is 0 Å². The molecule has 0 amide bonds. The van der Waals surface area contributed by atoms with Gasteiger partial charge in [0.05, 0.1) is 6.04 Å². The molecule has 4 aromatic carbocycles. The number of Topliss-reactive ketones (excluding diaryl/α,β-unsaturated/α-hetero) is 3. The second kappa shape index (κ2) is 8.18. The molecular formula is C33H22FNO3. The van der Waals surface area contributed by atoms with Crippen LogP contribution in [0.5, 0.6) is 0 Å². The molecule has 4 aromatic rings. The molecule has 1 spiro atoms. The van der Waals surface area contributed by atoms with Gasteiger partial charge in [-0.1, -0.05) is 84.9 Å². The first-order valence-corrected chi connectivity index (χ1v) is 12.6. The molecule has 0 bridgehead atoms. The summed E-state index contributed by atoms with van der Waals surface area (Å²) in [6.07, 6.45) is 3.84. The Kier molecular flexibility index (Phi) is 4.86. The number of hydrogen-bond donors (Lipinski definition) is 0. The molecule has 5 heteroatoms. The van der Waals surface area contributed by atoms with Gasteiger partial charge >= 0.3 is 0 Å². The Bertz CT molecular complexity index is 1620. The van der Waals surface area contributed by atoms with E-state index in [2.05, 4.69) is 0 Å². The minimum atomic E-state index is -1.53. The number of anilines is 1. The summed E-state index contributed by atoms with van der Waals surface area (Å²) >= 11 is 0. The summed E-state index contributed by atoms with van der Waals surface area (Å²) in [7, 11) is 0. The third kappa shape index (κ3) is 2.87. The fraction of sp³-hybridized carbons (Fsp3) is 0.121. The maximum atomic E-state index is 14.5. The van der Waals surface area contributed by atoms with E-state index in [1.165, 1.54) is 24.3 Å². The normalized spacial score (nSPS) is 22.3. The Balaban J connectivity index is 1.54. The van der Waals surface area contributed by atoms with Gasteiger partial charge in [0, 0.05) is 28.3 Å². The van der Waals surface area contributed by atoms with Crippen molar-refractivity contribution in [2.45, 2.75) is 18.0 Å². The van der Waals surface area contributed by atoms with Crippen molar-refractivity contribution in [3.8, 4) is 0 Å². The van der Waals surface area contributed by atoms with E-state index in [1.54, 1.807) is 24.3 Å². The molecule has 2 aliphatic heterocycles. The molecule has 0 radical (unpaired) electrons. The third-order valence-corrected chi connectivity index (χ3v) is 8.27. The molecule has 0 aromatic heterocycles. The summed E-state index contributed by atoms with van der Waals surface area (Å²) in [5.41, 5.74) is 2.00. The van der Waals surface area contributed by atoms with Gasteiger partial charge in [0.15, 0.2) is 17.3 Å². The lowest BCUT2D eigenvalue weighted by atomic mass is 9.64. The van der Waals surface area contributed by atoms with Crippen LogP contribution >= 0.6 is 0 Å². The van der Waals surface area contributed by atoms with Crippen molar-refractivity contribution in [3.63, 3.8) is 0 Å². The molecule has 4 nitrogen and oxygen atoms in total. The van der Waals surface area contributed by atoms with E-state index in [0.717, 1.165) is 16.8 Å². The zero-order valence-electron chi connectivity index (χ0n) is 20.3. The Labute approximate surface area is 219 Å². The van der Waals surface area contributed by atoms with Crippen molar-refractivity contribution < 1.29 is 18.8 Å². The summed E-state index contributed by atoms with van der Waals surface area (Å²) in [5.74, 6) is -2.00. The lowest BCUT2D eigenvalue weighted by molar-refractivity contribution is 0.0666. The van der Waals surface area contributed by atoms with Gasteiger partial charge in [-0.15, -0.1) is 0 Å². The van der Waals surface area contributed by atoms with E-state index in [4.69, 9.17) is 0 Å². The monoisotopic (exact) mass is 499 g/mol. The Morgan fingerprint density at radius 1 is 0.737 bits per heavy atom. The van der Waals surface area contributed by atoms with Gasteiger partial charge in [-0.2, -0.15) is 0 Å². The molecule has 1 saturated heterocycles. The minimum Gasteiger partial charge on any atom is -0.352 e. The third-order valence-electron chi connectivity index (χ3n) is 8.27. The van der Waals surface area contributed by atoms with Crippen LogP contribution in [0.2, 0.25) is 0 Å². The van der Waals surface area contributed by atoms with Crippen LogP contribution in [0.4, 0.5) is 10.1 Å². The van der Waals surface area contributed by atoms with Gasteiger partial charge in [-0.3, -0.25) is 14.4 Å². The highest BCUT2D eigenvalue weighted by Gasteiger charge is 2.71. The zero-order valence-corrected chi connectivity index (χ0v) is 20.3. The van der Waals surface area contributed by atoms with Crippen molar-refractivity contribution in [2.24, 2.45) is 5.41 Å². The smallest absolute Gasteiger partial charge is 0.185 e.